The minimum Gasteiger partial charge on any atom is -0.294 e. The van der Waals surface area contributed by atoms with Crippen molar-refractivity contribution in [1.29, 1.82) is 0 Å². The molecule has 1 nitrogen and oxygen atoms in total. The SMILES string of the molecule is C=CC(=O)[C@H]1CCCCP1C. The first-order valence-corrected chi connectivity index (χ1v) is 6.16. The van der Waals surface area contributed by atoms with Crippen molar-refractivity contribution in [2.45, 2.75) is 24.9 Å². The van der Waals surface area contributed by atoms with Crippen LogP contribution in [0, 0.1) is 0 Å². The van der Waals surface area contributed by atoms with Crippen LogP contribution in [0.2, 0.25) is 0 Å². The van der Waals surface area contributed by atoms with Gasteiger partial charge in [0.15, 0.2) is 5.78 Å². The molecule has 0 aromatic heterocycles. The fraction of sp³-hybridized carbons (Fsp3) is 0.667. The van der Waals surface area contributed by atoms with E-state index in [0.29, 0.717) is 5.66 Å². The zero-order valence-electron chi connectivity index (χ0n) is 7.05. The smallest absolute Gasteiger partial charge is 0.162 e. The topological polar surface area (TPSA) is 17.1 Å². The van der Waals surface area contributed by atoms with Crippen molar-refractivity contribution < 1.29 is 4.79 Å². The van der Waals surface area contributed by atoms with Gasteiger partial charge < -0.3 is 0 Å². The lowest BCUT2D eigenvalue weighted by Crippen LogP contribution is -2.20. The molecule has 0 aliphatic carbocycles. The Morgan fingerprint density at radius 2 is 2.36 bits per heavy atom. The lowest BCUT2D eigenvalue weighted by molar-refractivity contribution is -0.114. The molecule has 1 heterocycles. The summed E-state index contributed by atoms with van der Waals surface area (Å²) in [7, 11) is -0.0211. The van der Waals surface area contributed by atoms with Crippen molar-refractivity contribution >= 4 is 13.7 Å². The highest BCUT2D eigenvalue weighted by Crippen LogP contribution is 2.44. The number of carbonyl (C=O) groups is 1. The van der Waals surface area contributed by atoms with Gasteiger partial charge in [0.1, 0.15) is 0 Å². The van der Waals surface area contributed by atoms with Crippen LogP contribution in [0.4, 0.5) is 0 Å². The summed E-state index contributed by atoms with van der Waals surface area (Å²) < 4.78 is 0. The van der Waals surface area contributed by atoms with Gasteiger partial charge in [-0.25, -0.2) is 0 Å². The van der Waals surface area contributed by atoms with Crippen molar-refractivity contribution in [1.82, 2.24) is 0 Å². The number of hydrogen-bond donors (Lipinski definition) is 0. The molecule has 0 saturated carbocycles. The van der Waals surface area contributed by atoms with E-state index in [-0.39, 0.29) is 13.7 Å². The second kappa shape index (κ2) is 4.01. The van der Waals surface area contributed by atoms with E-state index in [0.717, 1.165) is 6.42 Å². The Morgan fingerprint density at radius 1 is 1.64 bits per heavy atom. The van der Waals surface area contributed by atoms with Crippen LogP contribution in [0.1, 0.15) is 19.3 Å². The summed E-state index contributed by atoms with van der Waals surface area (Å²) in [6, 6.07) is 0. The Labute approximate surface area is 69.6 Å². The van der Waals surface area contributed by atoms with E-state index in [4.69, 9.17) is 0 Å². The summed E-state index contributed by atoms with van der Waals surface area (Å²) in [5.41, 5.74) is 0.344. The van der Waals surface area contributed by atoms with E-state index in [1.165, 1.54) is 25.1 Å². The Hall–Kier alpha value is -0.160. The largest absolute Gasteiger partial charge is 0.294 e. The molecule has 0 radical (unpaired) electrons. The van der Waals surface area contributed by atoms with Crippen LogP contribution in [0.3, 0.4) is 0 Å². The fourth-order valence-electron chi connectivity index (χ4n) is 1.57. The van der Waals surface area contributed by atoms with Crippen molar-refractivity contribution in [3.8, 4) is 0 Å². The molecule has 1 rings (SSSR count). The quantitative estimate of drug-likeness (QED) is 0.459. The number of rotatable bonds is 2. The summed E-state index contributed by atoms with van der Waals surface area (Å²) in [5, 5.41) is 0. The molecule has 11 heavy (non-hydrogen) atoms. The molecule has 0 amide bonds. The highest BCUT2D eigenvalue weighted by Gasteiger charge is 2.24. The molecule has 62 valence electrons. The zero-order chi connectivity index (χ0) is 8.27. The molecule has 0 aromatic rings. The Balaban J connectivity index is 2.53. The van der Waals surface area contributed by atoms with Crippen molar-refractivity contribution in [3.63, 3.8) is 0 Å². The normalized spacial score (nSPS) is 31.4. The lowest BCUT2D eigenvalue weighted by Gasteiger charge is -2.26. The molecule has 0 bridgehead atoms. The minimum atomic E-state index is -0.0211. The van der Waals surface area contributed by atoms with Gasteiger partial charge in [0.2, 0.25) is 0 Å². The van der Waals surface area contributed by atoms with Gasteiger partial charge in [0.05, 0.1) is 0 Å². The summed E-state index contributed by atoms with van der Waals surface area (Å²) in [6.07, 6.45) is 6.43. The van der Waals surface area contributed by atoms with E-state index < -0.39 is 0 Å². The second-order valence-electron chi connectivity index (χ2n) is 3.10. The fourth-order valence-corrected chi connectivity index (χ4v) is 3.77. The van der Waals surface area contributed by atoms with Crippen LogP contribution in [-0.4, -0.2) is 24.3 Å². The molecular formula is C9H15OP. The molecule has 1 aliphatic heterocycles. The first-order valence-electron chi connectivity index (χ1n) is 4.12. The molecule has 1 fully saturated rings. The van der Waals surface area contributed by atoms with Crippen molar-refractivity contribution in [2.24, 2.45) is 0 Å². The van der Waals surface area contributed by atoms with Gasteiger partial charge in [-0.1, -0.05) is 20.9 Å². The van der Waals surface area contributed by atoms with Crippen LogP contribution < -0.4 is 0 Å². The molecule has 1 saturated heterocycles. The van der Waals surface area contributed by atoms with Gasteiger partial charge in [-0.15, -0.1) is 0 Å². The monoisotopic (exact) mass is 170 g/mol. The van der Waals surface area contributed by atoms with Gasteiger partial charge in [0.25, 0.3) is 0 Å². The molecule has 0 spiro atoms. The summed E-state index contributed by atoms with van der Waals surface area (Å²) in [6.45, 7) is 5.77. The molecule has 0 aromatic carbocycles. The van der Waals surface area contributed by atoms with Crippen molar-refractivity contribution in [3.05, 3.63) is 12.7 Å². The third-order valence-electron chi connectivity index (χ3n) is 2.30. The summed E-state index contributed by atoms with van der Waals surface area (Å²) >= 11 is 0. The highest BCUT2D eigenvalue weighted by atomic mass is 31.1. The minimum absolute atomic E-state index is 0.0211. The predicted molar refractivity (Wildman–Crippen MR) is 50.6 cm³/mol. The summed E-state index contributed by atoms with van der Waals surface area (Å²) in [4.78, 5) is 11.3. The Bertz CT molecular complexity index is 165. The van der Waals surface area contributed by atoms with Crippen molar-refractivity contribution in [2.75, 3.05) is 12.8 Å². The molecule has 2 heteroatoms. The first-order chi connectivity index (χ1) is 5.25. The number of hydrogen-bond acceptors (Lipinski definition) is 1. The number of allylic oxidation sites excluding steroid dienone is 1. The van der Waals surface area contributed by atoms with E-state index >= 15 is 0 Å². The van der Waals surface area contributed by atoms with E-state index in [9.17, 15) is 4.79 Å². The van der Waals surface area contributed by atoms with Gasteiger partial charge in [-0.05, 0) is 31.7 Å². The molecule has 1 aliphatic rings. The molecule has 1 unspecified atom stereocenters. The molecular weight excluding hydrogens is 155 g/mol. The predicted octanol–water partition coefficient (Wildman–Crippen LogP) is 2.41. The maximum absolute atomic E-state index is 11.3. The zero-order valence-corrected chi connectivity index (χ0v) is 7.94. The molecule has 2 atom stereocenters. The maximum atomic E-state index is 11.3. The van der Waals surface area contributed by atoms with Crippen LogP contribution in [0.5, 0.6) is 0 Å². The summed E-state index contributed by atoms with van der Waals surface area (Å²) in [5.74, 6) is 0.276. The molecule has 0 N–H and O–H groups in total. The van der Waals surface area contributed by atoms with Gasteiger partial charge in [-0.2, -0.15) is 0 Å². The van der Waals surface area contributed by atoms with E-state index in [1.807, 2.05) is 0 Å². The van der Waals surface area contributed by atoms with E-state index in [1.54, 1.807) is 0 Å². The third kappa shape index (κ3) is 2.13. The second-order valence-corrected chi connectivity index (χ2v) is 5.68. The van der Waals surface area contributed by atoms with E-state index in [2.05, 4.69) is 13.2 Å². The maximum Gasteiger partial charge on any atom is 0.162 e. The van der Waals surface area contributed by atoms with Gasteiger partial charge in [-0.3, -0.25) is 4.79 Å². The third-order valence-corrected chi connectivity index (χ3v) is 4.90. The van der Waals surface area contributed by atoms with Gasteiger partial charge in [0, 0.05) is 5.66 Å². The Kier molecular flexibility index (Phi) is 3.26. The van der Waals surface area contributed by atoms with Gasteiger partial charge >= 0.3 is 0 Å². The van der Waals surface area contributed by atoms with Crippen LogP contribution in [-0.2, 0) is 4.79 Å². The van der Waals surface area contributed by atoms with Crippen LogP contribution in [0.25, 0.3) is 0 Å². The number of carbonyl (C=O) groups excluding carboxylic acids is 1. The Morgan fingerprint density at radius 3 is 2.91 bits per heavy atom. The average Bonchev–Trinajstić information content (AvgIpc) is 2.04. The lowest BCUT2D eigenvalue weighted by atomic mass is 10.1. The number of ketones is 1. The highest BCUT2D eigenvalue weighted by molar-refractivity contribution is 7.58. The first kappa shape index (κ1) is 8.93. The average molecular weight is 170 g/mol. The van der Waals surface area contributed by atoms with Crippen LogP contribution in [0.15, 0.2) is 12.7 Å². The van der Waals surface area contributed by atoms with Crippen LogP contribution >= 0.6 is 7.92 Å². The standard InChI is InChI=1S/C9H15OP/c1-3-8(10)9-6-4-5-7-11(9)2/h3,9H,1,4-7H2,2H3/t9-,11?/m1/s1.